The van der Waals surface area contributed by atoms with Crippen LogP contribution in [0.3, 0.4) is 0 Å². The fourth-order valence-corrected chi connectivity index (χ4v) is 2.24. The van der Waals surface area contributed by atoms with Crippen LogP contribution in [0.15, 0.2) is 55.1 Å². The van der Waals surface area contributed by atoms with Gasteiger partial charge in [-0.25, -0.2) is 0 Å². The molecule has 2 rings (SSSR count). The van der Waals surface area contributed by atoms with Crippen LogP contribution in [0.25, 0.3) is 6.08 Å². The van der Waals surface area contributed by atoms with Crippen molar-refractivity contribution in [1.29, 1.82) is 0 Å². The third-order valence-corrected chi connectivity index (χ3v) is 3.38. The van der Waals surface area contributed by atoms with E-state index in [-0.39, 0.29) is 17.3 Å². The van der Waals surface area contributed by atoms with Gasteiger partial charge in [-0.1, -0.05) is 6.08 Å². The first-order valence-corrected chi connectivity index (χ1v) is 7.08. The number of allylic oxidation sites excluding steroid dienone is 2. The van der Waals surface area contributed by atoms with Crippen molar-refractivity contribution in [3.8, 4) is 17.2 Å². The van der Waals surface area contributed by atoms with Crippen molar-refractivity contribution in [2.75, 3.05) is 7.11 Å². The summed E-state index contributed by atoms with van der Waals surface area (Å²) in [7, 11) is 1.51. The van der Waals surface area contributed by atoms with E-state index in [1.165, 1.54) is 25.3 Å². The van der Waals surface area contributed by atoms with E-state index in [4.69, 9.17) is 4.74 Å². The van der Waals surface area contributed by atoms with Gasteiger partial charge in [-0.15, -0.1) is 6.58 Å². The molecule has 0 unspecified atom stereocenters. The molecule has 0 saturated heterocycles. The lowest BCUT2D eigenvalue weighted by Gasteiger charge is -2.12. The van der Waals surface area contributed by atoms with Gasteiger partial charge in [0, 0.05) is 16.7 Å². The molecule has 0 aliphatic heterocycles. The molecule has 2 aromatic rings. The maximum Gasteiger partial charge on any atom is 0.185 e. The van der Waals surface area contributed by atoms with Gasteiger partial charge in [-0.05, 0) is 55.0 Å². The number of benzene rings is 2. The zero-order valence-electron chi connectivity index (χ0n) is 12.8. The Kier molecular flexibility index (Phi) is 5.20. The van der Waals surface area contributed by atoms with Gasteiger partial charge < -0.3 is 14.9 Å². The molecule has 2 N–H and O–H groups in total. The summed E-state index contributed by atoms with van der Waals surface area (Å²) < 4.78 is 5.36. The van der Waals surface area contributed by atoms with Crippen molar-refractivity contribution in [3.05, 3.63) is 71.8 Å². The minimum atomic E-state index is -0.189. The molecule has 0 atom stereocenters. The molecule has 4 nitrogen and oxygen atoms in total. The van der Waals surface area contributed by atoms with E-state index in [1.54, 1.807) is 36.4 Å². The largest absolute Gasteiger partial charge is 0.508 e. The van der Waals surface area contributed by atoms with Gasteiger partial charge in [-0.3, -0.25) is 4.79 Å². The number of methoxy groups -OCH3 is 1. The topological polar surface area (TPSA) is 66.8 Å². The Labute approximate surface area is 135 Å². The molecule has 0 fully saturated rings. The monoisotopic (exact) mass is 310 g/mol. The minimum Gasteiger partial charge on any atom is -0.508 e. The van der Waals surface area contributed by atoms with Crippen LogP contribution in [0.5, 0.6) is 17.2 Å². The average molecular weight is 310 g/mol. The van der Waals surface area contributed by atoms with Crippen molar-refractivity contribution in [2.24, 2.45) is 0 Å². The van der Waals surface area contributed by atoms with Crippen LogP contribution >= 0.6 is 0 Å². The van der Waals surface area contributed by atoms with Crippen LogP contribution in [0.4, 0.5) is 0 Å². The number of rotatable bonds is 6. The lowest BCUT2D eigenvalue weighted by Crippen LogP contribution is -1.96. The highest BCUT2D eigenvalue weighted by molar-refractivity contribution is 6.07. The van der Waals surface area contributed by atoms with E-state index in [9.17, 15) is 15.0 Å². The molecule has 0 bridgehead atoms. The average Bonchev–Trinajstić information content (AvgIpc) is 2.55. The van der Waals surface area contributed by atoms with Crippen molar-refractivity contribution in [1.82, 2.24) is 0 Å². The quantitative estimate of drug-likeness (QED) is 0.485. The second-order valence-electron chi connectivity index (χ2n) is 4.92. The molecule has 0 aliphatic carbocycles. The molecule has 0 amide bonds. The maximum atomic E-state index is 12.1. The molecular weight excluding hydrogens is 292 g/mol. The first-order valence-electron chi connectivity index (χ1n) is 7.08. The van der Waals surface area contributed by atoms with E-state index in [1.807, 2.05) is 0 Å². The van der Waals surface area contributed by atoms with Gasteiger partial charge in [-0.2, -0.15) is 0 Å². The second-order valence-corrected chi connectivity index (χ2v) is 4.92. The van der Waals surface area contributed by atoms with Gasteiger partial charge >= 0.3 is 0 Å². The van der Waals surface area contributed by atoms with Gasteiger partial charge in [0.2, 0.25) is 0 Å². The molecule has 0 heterocycles. The van der Waals surface area contributed by atoms with Crippen molar-refractivity contribution < 1.29 is 19.7 Å². The van der Waals surface area contributed by atoms with Gasteiger partial charge in [0.25, 0.3) is 0 Å². The van der Waals surface area contributed by atoms with Crippen molar-refractivity contribution in [3.63, 3.8) is 0 Å². The van der Waals surface area contributed by atoms with Gasteiger partial charge in [0.15, 0.2) is 5.78 Å². The van der Waals surface area contributed by atoms with E-state index in [0.717, 1.165) is 0 Å². The molecule has 0 spiro atoms. The van der Waals surface area contributed by atoms with E-state index in [2.05, 4.69) is 6.58 Å². The predicted molar refractivity (Wildman–Crippen MR) is 90.0 cm³/mol. The number of hydrogen-bond donors (Lipinski definition) is 2. The summed E-state index contributed by atoms with van der Waals surface area (Å²) >= 11 is 0. The molecule has 0 aliphatic rings. The van der Waals surface area contributed by atoms with Crippen molar-refractivity contribution >= 4 is 11.9 Å². The zero-order chi connectivity index (χ0) is 16.8. The van der Waals surface area contributed by atoms with Gasteiger partial charge in [0.1, 0.15) is 17.2 Å². The highest BCUT2D eigenvalue weighted by Crippen LogP contribution is 2.33. The number of phenolic OH excluding ortho intramolecular Hbond substituents is 2. The molecule has 0 radical (unpaired) electrons. The molecule has 0 aromatic heterocycles. The molecule has 2 aromatic carbocycles. The molecule has 118 valence electrons. The van der Waals surface area contributed by atoms with Crippen LogP contribution in [0.2, 0.25) is 0 Å². The summed E-state index contributed by atoms with van der Waals surface area (Å²) in [6.07, 6.45) is 5.20. The number of phenols is 2. The fourth-order valence-electron chi connectivity index (χ4n) is 2.24. The van der Waals surface area contributed by atoms with E-state index in [0.29, 0.717) is 28.9 Å². The minimum absolute atomic E-state index is 0.111. The number of carbonyl (C=O) groups excluding carboxylic acids is 1. The first kappa shape index (κ1) is 16.4. The molecule has 23 heavy (non-hydrogen) atoms. The number of ether oxygens (including phenoxy) is 1. The normalized spacial score (nSPS) is 10.7. The van der Waals surface area contributed by atoms with Crippen LogP contribution in [-0.2, 0) is 6.42 Å². The Morgan fingerprint density at radius 3 is 2.48 bits per heavy atom. The van der Waals surface area contributed by atoms with E-state index < -0.39 is 0 Å². The lowest BCUT2D eigenvalue weighted by atomic mass is 10.0. The second kappa shape index (κ2) is 7.31. The summed E-state index contributed by atoms with van der Waals surface area (Å²) in [5.74, 6) is 0.564. The smallest absolute Gasteiger partial charge is 0.185 e. The van der Waals surface area contributed by atoms with Crippen molar-refractivity contribution in [2.45, 2.75) is 6.42 Å². The Morgan fingerprint density at radius 2 is 1.87 bits per heavy atom. The predicted octanol–water partition coefficient (Wildman–Crippen LogP) is 3.73. The Bertz CT molecular complexity index is 743. The molecule has 0 saturated carbocycles. The third-order valence-electron chi connectivity index (χ3n) is 3.38. The highest BCUT2D eigenvalue weighted by atomic mass is 16.5. The summed E-state index contributed by atoms with van der Waals surface area (Å²) in [5, 5.41) is 19.2. The third kappa shape index (κ3) is 3.80. The summed E-state index contributed by atoms with van der Waals surface area (Å²) in [6.45, 7) is 3.66. The standard InChI is InChI=1S/C19H18O4/c1-3-4-16-18(22)12-8-14(19(16)23-2)7-11-17(21)13-5-9-15(20)10-6-13/h3,5-12,20,22H,1,4H2,2H3/b11-7+. The number of aromatic hydroxyl groups is 2. The summed E-state index contributed by atoms with van der Waals surface area (Å²) in [4.78, 5) is 12.1. The Morgan fingerprint density at radius 1 is 1.17 bits per heavy atom. The van der Waals surface area contributed by atoms with Crippen LogP contribution < -0.4 is 4.74 Å². The van der Waals surface area contributed by atoms with Crippen LogP contribution in [-0.4, -0.2) is 23.1 Å². The highest BCUT2D eigenvalue weighted by Gasteiger charge is 2.11. The fraction of sp³-hybridized carbons (Fsp3) is 0.105. The SMILES string of the molecule is C=CCc1c(O)ccc(/C=C/C(=O)c2ccc(O)cc2)c1OC. The summed E-state index contributed by atoms with van der Waals surface area (Å²) in [5.41, 5.74) is 1.79. The first-order chi connectivity index (χ1) is 11.1. The van der Waals surface area contributed by atoms with Gasteiger partial charge in [0.05, 0.1) is 7.11 Å². The van der Waals surface area contributed by atoms with Crippen LogP contribution in [0, 0.1) is 0 Å². The van der Waals surface area contributed by atoms with E-state index >= 15 is 0 Å². The molecular formula is C19H18O4. The number of ketones is 1. The van der Waals surface area contributed by atoms with Crippen LogP contribution in [0.1, 0.15) is 21.5 Å². The lowest BCUT2D eigenvalue weighted by molar-refractivity contribution is 0.104. The maximum absolute atomic E-state index is 12.1. The number of carbonyl (C=O) groups is 1. The Balaban J connectivity index is 2.31. The molecule has 4 heteroatoms. The number of hydrogen-bond acceptors (Lipinski definition) is 4. The zero-order valence-corrected chi connectivity index (χ0v) is 12.8. The Hall–Kier alpha value is -3.01. The summed E-state index contributed by atoms with van der Waals surface area (Å²) in [6, 6.07) is 9.28.